The van der Waals surface area contributed by atoms with E-state index in [4.69, 9.17) is 5.11 Å². The second-order valence-electron chi connectivity index (χ2n) is 4.59. The van der Waals surface area contributed by atoms with Crippen molar-refractivity contribution in [2.24, 2.45) is 0 Å². The number of carbonyl (C=O) groups is 1. The van der Waals surface area contributed by atoms with Gasteiger partial charge < -0.3 is 5.11 Å². The summed E-state index contributed by atoms with van der Waals surface area (Å²) in [6, 6.07) is 9.64. The molecule has 0 unspecified atom stereocenters. The number of rotatable bonds is 6. The van der Waals surface area contributed by atoms with Crippen LogP contribution in [0, 0.1) is 0 Å². The first kappa shape index (κ1) is 15.7. The van der Waals surface area contributed by atoms with Gasteiger partial charge in [0.15, 0.2) is 0 Å². The van der Waals surface area contributed by atoms with Crippen molar-refractivity contribution in [3.63, 3.8) is 0 Å². The summed E-state index contributed by atoms with van der Waals surface area (Å²) in [5.41, 5.74) is 0.709. The Hall–Kier alpha value is -1.70. The molecule has 0 fully saturated rings. The Morgan fingerprint density at radius 3 is 2.43 bits per heavy atom. The van der Waals surface area contributed by atoms with Crippen LogP contribution in [0.3, 0.4) is 0 Å². The molecule has 0 amide bonds. The third-order valence-corrected chi connectivity index (χ3v) is 5.62. The minimum absolute atomic E-state index is 0.142. The maximum atomic E-state index is 12.3. The van der Waals surface area contributed by atoms with Gasteiger partial charge in [0.2, 0.25) is 10.0 Å². The molecule has 0 radical (unpaired) electrons. The van der Waals surface area contributed by atoms with Gasteiger partial charge >= 0.3 is 5.97 Å². The van der Waals surface area contributed by atoms with E-state index in [9.17, 15) is 13.2 Å². The van der Waals surface area contributed by atoms with E-state index in [0.29, 0.717) is 12.1 Å². The Balaban J connectivity index is 2.07. The molecule has 1 aromatic carbocycles. The predicted octanol–water partition coefficient (Wildman–Crippen LogP) is 2.41. The van der Waals surface area contributed by atoms with E-state index in [1.165, 1.54) is 39.9 Å². The zero-order chi connectivity index (χ0) is 15.5. The first-order valence-electron chi connectivity index (χ1n) is 6.17. The van der Waals surface area contributed by atoms with Crippen LogP contribution in [0.1, 0.15) is 20.8 Å². The lowest BCUT2D eigenvalue weighted by Gasteiger charge is -2.16. The molecule has 21 heavy (non-hydrogen) atoms. The number of hydrogen-bond acceptors (Lipinski definition) is 4. The molecular formula is C14H15NO4S2. The molecule has 0 saturated heterocycles. The summed E-state index contributed by atoms with van der Waals surface area (Å²) in [6.07, 6.45) is 0. The Morgan fingerprint density at radius 1 is 1.24 bits per heavy atom. The van der Waals surface area contributed by atoms with Crippen LogP contribution in [0.2, 0.25) is 0 Å². The number of aromatic carboxylic acids is 1. The van der Waals surface area contributed by atoms with Gasteiger partial charge in [-0.1, -0.05) is 18.2 Å². The molecule has 0 saturated carbocycles. The molecule has 2 rings (SSSR count). The maximum absolute atomic E-state index is 12.3. The highest BCUT2D eigenvalue weighted by molar-refractivity contribution is 7.88. The summed E-state index contributed by atoms with van der Waals surface area (Å²) in [5, 5.41) is 10.7. The van der Waals surface area contributed by atoms with Crippen LogP contribution in [0.15, 0.2) is 41.8 Å². The van der Waals surface area contributed by atoms with E-state index in [1.54, 1.807) is 7.05 Å². The summed E-state index contributed by atoms with van der Waals surface area (Å²) < 4.78 is 25.8. The normalized spacial score (nSPS) is 11.7. The fraction of sp³-hybridized carbons (Fsp3) is 0.214. The molecule has 0 bridgehead atoms. The lowest BCUT2D eigenvalue weighted by molar-refractivity contribution is 0.0697. The Bertz CT molecular complexity index is 706. The van der Waals surface area contributed by atoms with Gasteiger partial charge in [0.25, 0.3) is 0 Å². The number of benzene rings is 1. The molecule has 0 aliphatic carbocycles. The zero-order valence-electron chi connectivity index (χ0n) is 11.4. The standard InChI is InChI=1S/C14H15NO4S2/c1-15(9-13-3-2-8-20-13)21(18,19)10-11-4-6-12(7-5-11)14(16)17/h2-8H,9-10H2,1H3,(H,16,17). The van der Waals surface area contributed by atoms with Crippen LogP contribution in [-0.4, -0.2) is 30.8 Å². The van der Waals surface area contributed by atoms with Gasteiger partial charge in [-0.05, 0) is 29.1 Å². The van der Waals surface area contributed by atoms with Crippen LogP contribution in [0.25, 0.3) is 0 Å². The maximum Gasteiger partial charge on any atom is 0.335 e. The minimum atomic E-state index is -3.43. The Morgan fingerprint density at radius 2 is 1.90 bits per heavy atom. The van der Waals surface area contributed by atoms with Crippen molar-refractivity contribution in [3.05, 3.63) is 57.8 Å². The summed E-state index contributed by atoms with van der Waals surface area (Å²) >= 11 is 1.51. The average molecular weight is 325 g/mol. The average Bonchev–Trinajstić information content (AvgIpc) is 2.91. The SMILES string of the molecule is CN(Cc1cccs1)S(=O)(=O)Cc1ccc(C(=O)O)cc1. The van der Waals surface area contributed by atoms with Crippen LogP contribution < -0.4 is 0 Å². The van der Waals surface area contributed by atoms with Crippen LogP contribution in [-0.2, 0) is 22.3 Å². The van der Waals surface area contributed by atoms with E-state index < -0.39 is 16.0 Å². The summed E-state index contributed by atoms with van der Waals surface area (Å²) in [4.78, 5) is 11.7. The molecule has 1 aromatic heterocycles. The van der Waals surface area contributed by atoms with Crippen molar-refractivity contribution in [1.29, 1.82) is 0 Å². The van der Waals surface area contributed by atoms with Crippen LogP contribution >= 0.6 is 11.3 Å². The zero-order valence-corrected chi connectivity index (χ0v) is 13.0. The summed E-state index contributed by atoms with van der Waals surface area (Å²) in [5.74, 6) is -1.17. The van der Waals surface area contributed by atoms with Gasteiger partial charge in [-0.15, -0.1) is 11.3 Å². The highest BCUT2D eigenvalue weighted by atomic mass is 32.2. The predicted molar refractivity (Wildman–Crippen MR) is 81.8 cm³/mol. The highest BCUT2D eigenvalue weighted by Gasteiger charge is 2.19. The molecule has 112 valence electrons. The van der Waals surface area contributed by atoms with Gasteiger partial charge in [-0.3, -0.25) is 0 Å². The Labute approximate surface area is 127 Å². The number of carboxylic acids is 1. The molecule has 2 aromatic rings. The van der Waals surface area contributed by atoms with Crippen LogP contribution in [0.5, 0.6) is 0 Å². The first-order chi connectivity index (χ1) is 9.88. The quantitative estimate of drug-likeness (QED) is 0.885. The molecular weight excluding hydrogens is 310 g/mol. The van der Waals surface area contributed by atoms with Gasteiger partial charge in [-0.25, -0.2) is 13.2 Å². The second kappa shape index (κ2) is 6.38. The highest BCUT2D eigenvalue weighted by Crippen LogP contribution is 2.16. The van der Waals surface area contributed by atoms with Gasteiger partial charge in [0.05, 0.1) is 11.3 Å². The monoisotopic (exact) mass is 325 g/mol. The van der Waals surface area contributed by atoms with Gasteiger partial charge in [0.1, 0.15) is 0 Å². The van der Waals surface area contributed by atoms with Gasteiger partial charge in [-0.2, -0.15) is 4.31 Å². The van der Waals surface area contributed by atoms with Crippen molar-refractivity contribution in [2.75, 3.05) is 7.05 Å². The molecule has 0 aliphatic heterocycles. The third-order valence-electron chi connectivity index (χ3n) is 2.98. The van der Waals surface area contributed by atoms with E-state index in [2.05, 4.69) is 0 Å². The van der Waals surface area contributed by atoms with E-state index in [0.717, 1.165) is 4.88 Å². The summed E-state index contributed by atoms with van der Waals surface area (Å²) in [7, 11) is -1.89. The number of carboxylic acid groups (broad SMARTS) is 1. The van der Waals surface area contributed by atoms with Crippen molar-refractivity contribution in [3.8, 4) is 0 Å². The van der Waals surface area contributed by atoms with Crippen molar-refractivity contribution >= 4 is 27.3 Å². The van der Waals surface area contributed by atoms with Crippen LogP contribution in [0.4, 0.5) is 0 Å². The van der Waals surface area contributed by atoms with Crippen molar-refractivity contribution in [1.82, 2.24) is 4.31 Å². The molecule has 1 N–H and O–H groups in total. The van der Waals surface area contributed by atoms with E-state index >= 15 is 0 Å². The van der Waals surface area contributed by atoms with E-state index in [-0.39, 0.29) is 11.3 Å². The fourth-order valence-corrected chi connectivity index (χ4v) is 3.79. The molecule has 0 aliphatic rings. The molecule has 0 atom stereocenters. The first-order valence-corrected chi connectivity index (χ1v) is 8.66. The molecule has 7 heteroatoms. The van der Waals surface area contributed by atoms with Crippen molar-refractivity contribution in [2.45, 2.75) is 12.3 Å². The largest absolute Gasteiger partial charge is 0.478 e. The topological polar surface area (TPSA) is 74.7 Å². The lowest BCUT2D eigenvalue weighted by Crippen LogP contribution is -2.27. The molecule has 1 heterocycles. The smallest absolute Gasteiger partial charge is 0.335 e. The number of thiophene rings is 1. The van der Waals surface area contributed by atoms with E-state index in [1.807, 2.05) is 17.5 Å². The minimum Gasteiger partial charge on any atom is -0.478 e. The molecule has 5 nitrogen and oxygen atoms in total. The summed E-state index contributed by atoms with van der Waals surface area (Å²) in [6.45, 7) is 0.340. The third kappa shape index (κ3) is 4.13. The number of hydrogen-bond donors (Lipinski definition) is 1. The number of nitrogens with zero attached hydrogens (tertiary/aromatic N) is 1. The van der Waals surface area contributed by atoms with Crippen molar-refractivity contribution < 1.29 is 18.3 Å². The lowest BCUT2D eigenvalue weighted by atomic mass is 10.1. The molecule has 0 spiro atoms. The second-order valence-corrected chi connectivity index (χ2v) is 7.70. The van der Waals surface area contributed by atoms with Gasteiger partial charge in [0, 0.05) is 18.5 Å². The fourth-order valence-electron chi connectivity index (χ4n) is 1.78. The Kier molecular flexibility index (Phi) is 4.76. The number of sulfonamides is 1.